The normalized spacial score (nSPS) is 11.8. The molecule has 5 nitrogen and oxygen atoms in total. The van der Waals surface area contributed by atoms with Gasteiger partial charge in [0.25, 0.3) is 0 Å². The molecule has 118 valence electrons. The molecule has 1 unspecified atom stereocenters. The summed E-state index contributed by atoms with van der Waals surface area (Å²) in [5.41, 5.74) is 6.38. The van der Waals surface area contributed by atoms with Gasteiger partial charge in [0.2, 0.25) is 5.91 Å². The minimum Gasteiger partial charge on any atom is -0.490 e. The van der Waals surface area contributed by atoms with Gasteiger partial charge >= 0.3 is 0 Å². The van der Waals surface area contributed by atoms with E-state index in [2.05, 4.69) is 5.32 Å². The summed E-state index contributed by atoms with van der Waals surface area (Å²) in [6.07, 6.45) is 2.43. The molecule has 1 aromatic rings. The van der Waals surface area contributed by atoms with Crippen LogP contribution in [-0.2, 0) is 4.79 Å². The Morgan fingerprint density at radius 1 is 1.14 bits per heavy atom. The number of carbonyl (C=O) groups is 1. The van der Waals surface area contributed by atoms with E-state index in [1.54, 1.807) is 12.1 Å². The van der Waals surface area contributed by atoms with Gasteiger partial charge in [-0.25, -0.2) is 0 Å². The molecule has 1 amide bonds. The summed E-state index contributed by atoms with van der Waals surface area (Å²) in [5.74, 6) is 1.15. The lowest BCUT2D eigenvalue weighted by Gasteiger charge is -2.15. The lowest BCUT2D eigenvalue weighted by Crippen LogP contribution is -2.34. The minimum atomic E-state index is -0.499. The quantitative estimate of drug-likeness (QED) is 0.734. The molecule has 0 heterocycles. The largest absolute Gasteiger partial charge is 0.490 e. The number of hydrogen-bond acceptors (Lipinski definition) is 4. The summed E-state index contributed by atoms with van der Waals surface area (Å²) >= 11 is 0. The topological polar surface area (TPSA) is 73.6 Å². The van der Waals surface area contributed by atoms with Crippen molar-refractivity contribution in [3.8, 4) is 11.5 Å². The Labute approximate surface area is 126 Å². The summed E-state index contributed by atoms with van der Waals surface area (Å²) in [6, 6.07) is 4.89. The van der Waals surface area contributed by atoms with Gasteiger partial charge in [-0.15, -0.1) is 0 Å². The summed E-state index contributed by atoms with van der Waals surface area (Å²) in [6.45, 7) is 7.21. The zero-order valence-corrected chi connectivity index (χ0v) is 13.1. The van der Waals surface area contributed by atoms with Gasteiger partial charge in [0.1, 0.15) is 0 Å². The zero-order valence-electron chi connectivity index (χ0n) is 13.1. The number of anilines is 1. The van der Waals surface area contributed by atoms with E-state index in [1.807, 2.05) is 26.8 Å². The van der Waals surface area contributed by atoms with Gasteiger partial charge in [-0.2, -0.15) is 0 Å². The second kappa shape index (κ2) is 9.23. The first-order chi connectivity index (χ1) is 10.1. The van der Waals surface area contributed by atoms with Crippen molar-refractivity contribution in [2.24, 2.45) is 5.73 Å². The van der Waals surface area contributed by atoms with Crippen LogP contribution in [0, 0.1) is 0 Å². The summed E-state index contributed by atoms with van der Waals surface area (Å²) in [5, 5.41) is 2.79. The first-order valence-corrected chi connectivity index (χ1v) is 7.58. The number of rotatable bonds is 9. The van der Waals surface area contributed by atoms with Crippen LogP contribution in [0.3, 0.4) is 0 Å². The van der Waals surface area contributed by atoms with E-state index in [4.69, 9.17) is 15.2 Å². The predicted octanol–water partition coefficient (Wildman–Crippen LogP) is 2.94. The highest BCUT2D eigenvalue weighted by Crippen LogP contribution is 2.31. The summed E-state index contributed by atoms with van der Waals surface area (Å²) in [4.78, 5) is 11.8. The highest BCUT2D eigenvalue weighted by molar-refractivity contribution is 5.94. The first kappa shape index (κ1) is 17.3. The monoisotopic (exact) mass is 294 g/mol. The van der Waals surface area contributed by atoms with E-state index in [9.17, 15) is 4.79 Å². The van der Waals surface area contributed by atoms with Crippen molar-refractivity contribution in [2.45, 2.75) is 46.1 Å². The van der Waals surface area contributed by atoms with Gasteiger partial charge in [-0.3, -0.25) is 4.79 Å². The first-order valence-electron chi connectivity index (χ1n) is 7.58. The Kier molecular flexibility index (Phi) is 7.61. The molecular weight excluding hydrogens is 268 g/mol. The smallest absolute Gasteiger partial charge is 0.241 e. The molecule has 21 heavy (non-hydrogen) atoms. The molecule has 0 saturated carbocycles. The highest BCUT2D eigenvalue weighted by atomic mass is 16.5. The number of nitrogens with two attached hydrogens (primary N) is 1. The summed E-state index contributed by atoms with van der Waals surface area (Å²) in [7, 11) is 0. The van der Waals surface area contributed by atoms with Gasteiger partial charge in [0, 0.05) is 11.8 Å². The van der Waals surface area contributed by atoms with E-state index in [0.717, 1.165) is 12.8 Å². The molecule has 1 atom stereocenters. The number of nitrogens with one attached hydrogen (secondary N) is 1. The van der Waals surface area contributed by atoms with Crippen LogP contribution in [0.5, 0.6) is 11.5 Å². The Balaban J connectivity index is 2.84. The van der Waals surface area contributed by atoms with Gasteiger partial charge < -0.3 is 20.5 Å². The van der Waals surface area contributed by atoms with E-state index >= 15 is 0 Å². The van der Waals surface area contributed by atoms with Gasteiger partial charge in [-0.05, 0) is 31.4 Å². The Morgan fingerprint density at radius 3 is 2.33 bits per heavy atom. The molecule has 3 N–H and O–H groups in total. The zero-order chi connectivity index (χ0) is 15.7. The van der Waals surface area contributed by atoms with Crippen LogP contribution >= 0.6 is 0 Å². The van der Waals surface area contributed by atoms with E-state index < -0.39 is 6.04 Å². The average molecular weight is 294 g/mol. The van der Waals surface area contributed by atoms with Crippen LogP contribution in [-0.4, -0.2) is 25.2 Å². The Hall–Kier alpha value is -1.75. The average Bonchev–Trinajstić information content (AvgIpc) is 2.50. The van der Waals surface area contributed by atoms with Crippen molar-refractivity contribution in [3.63, 3.8) is 0 Å². The van der Waals surface area contributed by atoms with Crippen molar-refractivity contribution in [2.75, 3.05) is 18.5 Å². The number of amides is 1. The van der Waals surface area contributed by atoms with E-state index in [1.165, 1.54) is 0 Å². The molecule has 0 aliphatic heterocycles. The molecule has 0 radical (unpaired) electrons. The fraction of sp³-hybridized carbons (Fsp3) is 0.562. The third-order valence-corrected chi connectivity index (χ3v) is 2.91. The lowest BCUT2D eigenvalue weighted by atomic mass is 10.2. The third kappa shape index (κ3) is 5.63. The van der Waals surface area contributed by atoms with Crippen LogP contribution < -0.4 is 20.5 Å². The van der Waals surface area contributed by atoms with Crippen LogP contribution in [0.2, 0.25) is 0 Å². The van der Waals surface area contributed by atoms with E-state index in [-0.39, 0.29) is 5.91 Å². The molecule has 5 heteroatoms. The number of ether oxygens (including phenoxy) is 2. The van der Waals surface area contributed by atoms with Crippen molar-refractivity contribution >= 4 is 11.6 Å². The molecular formula is C16H26N2O3. The molecule has 0 aromatic heterocycles. The minimum absolute atomic E-state index is 0.193. The van der Waals surface area contributed by atoms with Gasteiger partial charge in [0.15, 0.2) is 11.5 Å². The number of hydrogen-bond donors (Lipinski definition) is 2. The van der Waals surface area contributed by atoms with Crippen LogP contribution in [0.15, 0.2) is 18.2 Å². The SMILES string of the molecule is CCCOc1ccc(NC(=O)C(N)CC)cc1OCCC. The van der Waals surface area contributed by atoms with E-state index in [0.29, 0.717) is 36.8 Å². The molecule has 1 rings (SSSR count). The molecule has 0 saturated heterocycles. The second-order valence-corrected chi connectivity index (χ2v) is 4.86. The fourth-order valence-corrected chi connectivity index (χ4v) is 1.66. The molecule has 0 aliphatic carbocycles. The second-order valence-electron chi connectivity index (χ2n) is 4.86. The summed E-state index contributed by atoms with van der Waals surface area (Å²) < 4.78 is 11.3. The molecule has 0 fully saturated rings. The fourth-order valence-electron chi connectivity index (χ4n) is 1.66. The maximum Gasteiger partial charge on any atom is 0.241 e. The maximum absolute atomic E-state index is 11.8. The van der Waals surface area contributed by atoms with Gasteiger partial charge in [-0.1, -0.05) is 20.8 Å². The van der Waals surface area contributed by atoms with Crippen molar-refractivity contribution < 1.29 is 14.3 Å². The molecule has 1 aromatic carbocycles. The Morgan fingerprint density at radius 2 is 1.76 bits per heavy atom. The Bertz CT molecular complexity index is 449. The molecule has 0 bridgehead atoms. The highest BCUT2D eigenvalue weighted by Gasteiger charge is 2.13. The van der Waals surface area contributed by atoms with Crippen LogP contribution in [0.4, 0.5) is 5.69 Å². The lowest BCUT2D eigenvalue weighted by molar-refractivity contribution is -0.117. The number of carbonyl (C=O) groups excluding carboxylic acids is 1. The maximum atomic E-state index is 11.8. The van der Waals surface area contributed by atoms with Crippen molar-refractivity contribution in [1.29, 1.82) is 0 Å². The van der Waals surface area contributed by atoms with Crippen LogP contribution in [0.1, 0.15) is 40.0 Å². The predicted molar refractivity (Wildman–Crippen MR) is 84.9 cm³/mol. The van der Waals surface area contributed by atoms with Gasteiger partial charge in [0.05, 0.1) is 19.3 Å². The standard InChI is InChI=1S/C16H26N2O3/c1-4-9-20-14-8-7-12(11-15(14)21-10-5-2)18-16(19)13(17)6-3/h7-8,11,13H,4-6,9-10,17H2,1-3H3,(H,18,19). The van der Waals surface area contributed by atoms with Crippen molar-refractivity contribution in [1.82, 2.24) is 0 Å². The van der Waals surface area contributed by atoms with Crippen LogP contribution in [0.25, 0.3) is 0 Å². The third-order valence-electron chi connectivity index (χ3n) is 2.91. The number of benzene rings is 1. The van der Waals surface area contributed by atoms with Crippen molar-refractivity contribution in [3.05, 3.63) is 18.2 Å². The molecule has 0 aliphatic rings. The molecule has 0 spiro atoms.